The van der Waals surface area contributed by atoms with Crippen molar-refractivity contribution in [3.05, 3.63) is 0 Å². The third-order valence-corrected chi connectivity index (χ3v) is 2.64. The number of carbonyl (C=O) groups is 1. The van der Waals surface area contributed by atoms with Gasteiger partial charge in [-0.25, -0.2) is 0 Å². The number of hydrogen-bond donors (Lipinski definition) is 1. The molecule has 0 aromatic heterocycles. The summed E-state index contributed by atoms with van der Waals surface area (Å²) in [5, 5.41) is 7.39. The second-order valence-corrected chi connectivity index (χ2v) is 3.44. The summed E-state index contributed by atoms with van der Waals surface area (Å²) < 4.78 is 0. The van der Waals surface area contributed by atoms with E-state index in [9.17, 15) is 4.79 Å². The van der Waals surface area contributed by atoms with Crippen LogP contribution in [0.25, 0.3) is 0 Å². The maximum absolute atomic E-state index is 10.3. The van der Waals surface area contributed by atoms with Crippen molar-refractivity contribution in [2.45, 2.75) is 32.6 Å². The Morgan fingerprint density at radius 3 is 2.64 bits per heavy atom. The second kappa shape index (κ2) is 3.65. The van der Waals surface area contributed by atoms with E-state index in [4.69, 9.17) is 5.41 Å². The fourth-order valence-electron chi connectivity index (χ4n) is 1.87. The van der Waals surface area contributed by atoms with Gasteiger partial charge in [0.1, 0.15) is 0 Å². The van der Waals surface area contributed by atoms with E-state index >= 15 is 0 Å². The summed E-state index contributed by atoms with van der Waals surface area (Å²) in [5.74, 6) is 0.794. The van der Waals surface area contributed by atoms with Gasteiger partial charge in [0.15, 0.2) is 6.29 Å². The molecule has 1 aliphatic carbocycles. The molecule has 1 fully saturated rings. The first-order chi connectivity index (χ1) is 5.25. The maximum Gasteiger partial charge on any atom is 0.163 e. The van der Waals surface area contributed by atoms with Crippen LogP contribution in [0.4, 0.5) is 0 Å². The van der Waals surface area contributed by atoms with Crippen molar-refractivity contribution in [1.82, 2.24) is 0 Å². The van der Waals surface area contributed by atoms with Crippen molar-refractivity contribution >= 4 is 12.0 Å². The van der Waals surface area contributed by atoms with E-state index in [-0.39, 0.29) is 5.92 Å². The van der Waals surface area contributed by atoms with Crippen molar-refractivity contribution in [3.8, 4) is 0 Å². The van der Waals surface area contributed by atoms with Crippen LogP contribution in [0.3, 0.4) is 0 Å². The molecule has 1 rings (SSSR count). The fraction of sp³-hybridized carbons (Fsp3) is 0.778. The van der Waals surface area contributed by atoms with E-state index in [1.54, 1.807) is 0 Å². The summed E-state index contributed by atoms with van der Waals surface area (Å²) in [5.41, 5.74) is 0.303. The highest BCUT2D eigenvalue weighted by Gasteiger charge is 2.24. The minimum atomic E-state index is 0.251. The molecule has 2 unspecified atom stereocenters. The molecule has 62 valence electrons. The lowest BCUT2D eigenvalue weighted by molar-refractivity contribution is -0.103. The minimum Gasteiger partial charge on any atom is -0.302 e. The lowest BCUT2D eigenvalue weighted by atomic mass is 9.78. The van der Waals surface area contributed by atoms with Gasteiger partial charge in [-0.1, -0.05) is 26.2 Å². The van der Waals surface area contributed by atoms with Crippen LogP contribution in [0.5, 0.6) is 0 Å². The molecule has 0 aromatic carbocycles. The summed E-state index contributed by atoms with van der Waals surface area (Å²) in [7, 11) is 0. The molecule has 0 spiro atoms. The van der Waals surface area contributed by atoms with Gasteiger partial charge >= 0.3 is 0 Å². The number of hydrogen-bond acceptors (Lipinski definition) is 2. The van der Waals surface area contributed by atoms with Crippen molar-refractivity contribution in [2.75, 3.05) is 0 Å². The summed E-state index contributed by atoms with van der Waals surface area (Å²) in [6, 6.07) is 0. The highest BCUT2D eigenvalue weighted by atomic mass is 16.1. The molecule has 0 saturated heterocycles. The van der Waals surface area contributed by atoms with Gasteiger partial charge in [-0.05, 0) is 12.3 Å². The SMILES string of the molecule is CC1CCCCC1C(=N)C=O. The Balaban J connectivity index is 2.53. The third kappa shape index (κ3) is 1.88. The van der Waals surface area contributed by atoms with Crippen LogP contribution in [0.15, 0.2) is 0 Å². The van der Waals surface area contributed by atoms with Crippen LogP contribution in [0.1, 0.15) is 32.6 Å². The lowest BCUT2D eigenvalue weighted by Gasteiger charge is -2.27. The largest absolute Gasteiger partial charge is 0.302 e. The van der Waals surface area contributed by atoms with Crippen LogP contribution < -0.4 is 0 Å². The molecule has 0 heterocycles. The molecular weight excluding hydrogens is 138 g/mol. The quantitative estimate of drug-likeness (QED) is 0.478. The van der Waals surface area contributed by atoms with Crippen LogP contribution >= 0.6 is 0 Å². The van der Waals surface area contributed by atoms with Gasteiger partial charge in [0.05, 0.1) is 5.71 Å². The average Bonchev–Trinajstić information content (AvgIpc) is 2.04. The molecule has 0 amide bonds. The van der Waals surface area contributed by atoms with Gasteiger partial charge in [-0.2, -0.15) is 0 Å². The Morgan fingerprint density at radius 2 is 2.09 bits per heavy atom. The van der Waals surface area contributed by atoms with E-state index in [2.05, 4.69) is 6.92 Å². The fourth-order valence-corrected chi connectivity index (χ4v) is 1.87. The monoisotopic (exact) mass is 153 g/mol. The Hall–Kier alpha value is -0.660. The molecule has 1 saturated carbocycles. The van der Waals surface area contributed by atoms with Crippen molar-refractivity contribution in [2.24, 2.45) is 11.8 Å². The van der Waals surface area contributed by atoms with E-state index in [0.29, 0.717) is 17.9 Å². The average molecular weight is 153 g/mol. The van der Waals surface area contributed by atoms with Crippen LogP contribution in [0, 0.1) is 17.2 Å². The number of nitrogens with one attached hydrogen (secondary N) is 1. The van der Waals surface area contributed by atoms with E-state index < -0.39 is 0 Å². The second-order valence-electron chi connectivity index (χ2n) is 3.44. The lowest BCUT2D eigenvalue weighted by Crippen LogP contribution is -2.25. The standard InChI is InChI=1S/C9H15NO/c1-7-4-2-3-5-8(7)9(10)6-11/h6-8,10H,2-5H2,1H3. The Labute approximate surface area is 67.5 Å². The van der Waals surface area contributed by atoms with Gasteiger partial charge in [-0.15, -0.1) is 0 Å². The first kappa shape index (κ1) is 8.44. The Morgan fingerprint density at radius 1 is 1.45 bits per heavy atom. The molecular formula is C9H15NO. The van der Waals surface area contributed by atoms with E-state index in [0.717, 1.165) is 6.42 Å². The molecule has 1 aliphatic rings. The van der Waals surface area contributed by atoms with Gasteiger partial charge < -0.3 is 5.41 Å². The summed E-state index contributed by atoms with van der Waals surface area (Å²) in [6.45, 7) is 2.14. The molecule has 2 atom stereocenters. The van der Waals surface area contributed by atoms with E-state index in [1.165, 1.54) is 19.3 Å². The predicted molar refractivity (Wildman–Crippen MR) is 44.9 cm³/mol. The summed E-state index contributed by atoms with van der Waals surface area (Å²) in [4.78, 5) is 10.3. The zero-order valence-electron chi connectivity index (χ0n) is 6.97. The molecule has 0 aromatic rings. The van der Waals surface area contributed by atoms with Gasteiger partial charge in [0, 0.05) is 5.92 Å². The van der Waals surface area contributed by atoms with Crippen molar-refractivity contribution in [1.29, 1.82) is 5.41 Å². The van der Waals surface area contributed by atoms with Crippen LogP contribution in [-0.4, -0.2) is 12.0 Å². The number of rotatable bonds is 2. The number of carbonyl (C=O) groups excluding carboxylic acids is 1. The molecule has 2 heteroatoms. The van der Waals surface area contributed by atoms with Gasteiger partial charge in [-0.3, -0.25) is 4.79 Å². The molecule has 0 radical (unpaired) electrons. The first-order valence-corrected chi connectivity index (χ1v) is 4.29. The molecule has 11 heavy (non-hydrogen) atoms. The highest BCUT2D eigenvalue weighted by Crippen LogP contribution is 2.29. The molecule has 2 nitrogen and oxygen atoms in total. The molecule has 1 N–H and O–H groups in total. The highest BCUT2D eigenvalue weighted by molar-refractivity contribution is 6.27. The normalized spacial score (nSPS) is 31.4. The topological polar surface area (TPSA) is 40.9 Å². The predicted octanol–water partition coefficient (Wildman–Crippen LogP) is 2.03. The first-order valence-electron chi connectivity index (χ1n) is 4.29. The van der Waals surface area contributed by atoms with E-state index in [1.807, 2.05) is 0 Å². The van der Waals surface area contributed by atoms with Crippen molar-refractivity contribution in [3.63, 3.8) is 0 Å². The Kier molecular flexibility index (Phi) is 2.80. The molecule has 0 bridgehead atoms. The zero-order valence-corrected chi connectivity index (χ0v) is 6.97. The van der Waals surface area contributed by atoms with Gasteiger partial charge in [0.2, 0.25) is 0 Å². The Bertz CT molecular complexity index is 165. The third-order valence-electron chi connectivity index (χ3n) is 2.64. The van der Waals surface area contributed by atoms with Crippen molar-refractivity contribution < 1.29 is 4.79 Å². The summed E-state index contributed by atoms with van der Waals surface area (Å²) >= 11 is 0. The molecule has 0 aliphatic heterocycles. The zero-order chi connectivity index (χ0) is 8.27. The van der Waals surface area contributed by atoms with Gasteiger partial charge in [0.25, 0.3) is 0 Å². The van der Waals surface area contributed by atoms with Crippen LogP contribution in [-0.2, 0) is 4.79 Å². The minimum absolute atomic E-state index is 0.251. The van der Waals surface area contributed by atoms with Crippen LogP contribution in [0.2, 0.25) is 0 Å². The summed E-state index contributed by atoms with van der Waals surface area (Å²) in [6.07, 6.45) is 5.38. The smallest absolute Gasteiger partial charge is 0.163 e. The maximum atomic E-state index is 10.3. The number of aldehydes is 1.